The van der Waals surface area contributed by atoms with Gasteiger partial charge < -0.3 is 14.6 Å². The summed E-state index contributed by atoms with van der Waals surface area (Å²) in [4.78, 5) is 0. The van der Waals surface area contributed by atoms with Gasteiger partial charge >= 0.3 is 0 Å². The monoisotopic (exact) mass is 232 g/mol. The van der Waals surface area contributed by atoms with Gasteiger partial charge in [-0.25, -0.2) is 0 Å². The molecule has 3 nitrogen and oxygen atoms in total. The van der Waals surface area contributed by atoms with Gasteiger partial charge in [-0.15, -0.1) is 0 Å². The molecule has 0 saturated carbocycles. The third kappa shape index (κ3) is 2.57. The quantitative estimate of drug-likeness (QED) is 0.636. The molecule has 2 aromatic carbocycles. The van der Waals surface area contributed by atoms with E-state index in [1.54, 1.807) is 0 Å². The van der Waals surface area contributed by atoms with E-state index in [0.717, 1.165) is 16.3 Å². The first-order valence-corrected chi connectivity index (χ1v) is 5.69. The summed E-state index contributed by atoms with van der Waals surface area (Å²) in [6.45, 7) is 2.70. The van der Waals surface area contributed by atoms with Gasteiger partial charge in [0.05, 0.1) is 6.61 Å². The number of fused-ring (bicyclic) bond motifs is 1. The first kappa shape index (κ1) is 11.9. The SMILES string of the molecule is CCOCOc1ccc2ccccc2c1CO. The minimum absolute atomic E-state index is 0.0389. The zero-order valence-electron chi connectivity index (χ0n) is 9.85. The van der Waals surface area contributed by atoms with Crippen LogP contribution in [0.4, 0.5) is 0 Å². The van der Waals surface area contributed by atoms with Crippen molar-refractivity contribution in [1.29, 1.82) is 0 Å². The highest BCUT2D eigenvalue weighted by atomic mass is 16.7. The molecule has 0 atom stereocenters. The average molecular weight is 232 g/mol. The number of hydrogen-bond donors (Lipinski definition) is 1. The van der Waals surface area contributed by atoms with Crippen LogP contribution in [0.5, 0.6) is 5.75 Å². The van der Waals surface area contributed by atoms with E-state index in [0.29, 0.717) is 12.4 Å². The van der Waals surface area contributed by atoms with Gasteiger partial charge in [0.2, 0.25) is 0 Å². The Hall–Kier alpha value is -1.58. The van der Waals surface area contributed by atoms with E-state index in [9.17, 15) is 5.11 Å². The Balaban J connectivity index is 2.35. The maximum absolute atomic E-state index is 9.45. The zero-order valence-corrected chi connectivity index (χ0v) is 9.85. The molecule has 3 heteroatoms. The molecule has 0 bridgehead atoms. The summed E-state index contributed by atoms with van der Waals surface area (Å²) < 4.78 is 10.6. The Morgan fingerprint density at radius 3 is 2.71 bits per heavy atom. The van der Waals surface area contributed by atoms with Crippen molar-refractivity contribution in [3.8, 4) is 5.75 Å². The molecule has 0 aliphatic heterocycles. The second kappa shape index (κ2) is 5.66. The molecule has 2 aromatic rings. The van der Waals surface area contributed by atoms with Crippen molar-refractivity contribution in [1.82, 2.24) is 0 Å². The molecule has 17 heavy (non-hydrogen) atoms. The molecule has 90 valence electrons. The molecule has 1 N–H and O–H groups in total. The molecule has 0 aliphatic carbocycles. The van der Waals surface area contributed by atoms with Crippen LogP contribution < -0.4 is 4.74 Å². The fourth-order valence-electron chi connectivity index (χ4n) is 1.80. The second-order valence-electron chi connectivity index (χ2n) is 3.68. The summed E-state index contributed by atoms with van der Waals surface area (Å²) in [7, 11) is 0. The van der Waals surface area contributed by atoms with Gasteiger partial charge in [-0.2, -0.15) is 0 Å². The molecule has 0 unspecified atom stereocenters. The highest BCUT2D eigenvalue weighted by molar-refractivity contribution is 5.87. The van der Waals surface area contributed by atoms with E-state index in [4.69, 9.17) is 9.47 Å². The van der Waals surface area contributed by atoms with E-state index < -0.39 is 0 Å². The van der Waals surface area contributed by atoms with Crippen molar-refractivity contribution in [3.63, 3.8) is 0 Å². The van der Waals surface area contributed by atoms with Crippen LogP contribution in [0, 0.1) is 0 Å². The molecule has 2 rings (SSSR count). The van der Waals surface area contributed by atoms with Crippen molar-refractivity contribution < 1.29 is 14.6 Å². The van der Waals surface area contributed by atoms with E-state index in [1.165, 1.54) is 0 Å². The Labute approximate surface area is 101 Å². The van der Waals surface area contributed by atoms with Crippen molar-refractivity contribution in [2.24, 2.45) is 0 Å². The number of aliphatic hydroxyl groups is 1. The van der Waals surface area contributed by atoms with Crippen LogP contribution in [0.3, 0.4) is 0 Å². The lowest BCUT2D eigenvalue weighted by Crippen LogP contribution is -2.04. The van der Waals surface area contributed by atoms with Gasteiger partial charge in [-0.05, 0) is 23.8 Å². The molecule has 0 aromatic heterocycles. The van der Waals surface area contributed by atoms with Crippen LogP contribution in [0.2, 0.25) is 0 Å². The lowest BCUT2D eigenvalue weighted by atomic mass is 10.0. The second-order valence-corrected chi connectivity index (χ2v) is 3.68. The maximum Gasteiger partial charge on any atom is 0.189 e. The molecule has 0 fully saturated rings. The third-order valence-corrected chi connectivity index (χ3v) is 2.66. The number of ether oxygens (including phenoxy) is 2. The first-order valence-electron chi connectivity index (χ1n) is 5.69. The normalized spacial score (nSPS) is 10.7. The zero-order chi connectivity index (χ0) is 12.1. The predicted octanol–water partition coefficient (Wildman–Crippen LogP) is 2.70. The molecule has 0 spiro atoms. The lowest BCUT2D eigenvalue weighted by Gasteiger charge is -2.12. The summed E-state index contributed by atoms with van der Waals surface area (Å²) in [6, 6.07) is 11.8. The smallest absolute Gasteiger partial charge is 0.189 e. The summed E-state index contributed by atoms with van der Waals surface area (Å²) in [6.07, 6.45) is 0. The van der Waals surface area contributed by atoms with E-state index in [2.05, 4.69) is 0 Å². The van der Waals surface area contributed by atoms with Crippen LogP contribution in [-0.4, -0.2) is 18.5 Å². The van der Waals surface area contributed by atoms with Gasteiger partial charge in [0, 0.05) is 12.2 Å². The molecule has 0 aliphatic rings. The Morgan fingerprint density at radius 2 is 1.94 bits per heavy atom. The number of aliphatic hydroxyl groups excluding tert-OH is 1. The van der Waals surface area contributed by atoms with Crippen LogP contribution in [0.15, 0.2) is 36.4 Å². The Bertz CT molecular complexity index is 494. The summed E-state index contributed by atoms with van der Waals surface area (Å²) in [5, 5.41) is 11.6. The first-order chi connectivity index (χ1) is 8.36. The summed E-state index contributed by atoms with van der Waals surface area (Å²) in [5.74, 6) is 0.680. The van der Waals surface area contributed by atoms with E-state index in [-0.39, 0.29) is 13.4 Å². The molecule has 0 radical (unpaired) electrons. The van der Waals surface area contributed by atoms with Crippen LogP contribution >= 0.6 is 0 Å². The minimum atomic E-state index is -0.0389. The van der Waals surface area contributed by atoms with Gasteiger partial charge in [0.1, 0.15) is 5.75 Å². The van der Waals surface area contributed by atoms with Crippen molar-refractivity contribution in [3.05, 3.63) is 42.0 Å². The van der Waals surface area contributed by atoms with Gasteiger partial charge in [0.25, 0.3) is 0 Å². The molecule has 0 heterocycles. The topological polar surface area (TPSA) is 38.7 Å². The Morgan fingerprint density at radius 1 is 1.12 bits per heavy atom. The molecule has 0 amide bonds. The lowest BCUT2D eigenvalue weighted by molar-refractivity contribution is 0.0213. The highest BCUT2D eigenvalue weighted by Gasteiger charge is 2.07. The van der Waals surface area contributed by atoms with Crippen molar-refractivity contribution in [2.75, 3.05) is 13.4 Å². The van der Waals surface area contributed by atoms with Crippen LogP contribution in [0.25, 0.3) is 10.8 Å². The van der Waals surface area contributed by atoms with Crippen LogP contribution in [-0.2, 0) is 11.3 Å². The number of rotatable bonds is 5. The van der Waals surface area contributed by atoms with Gasteiger partial charge in [0.15, 0.2) is 6.79 Å². The fourth-order valence-corrected chi connectivity index (χ4v) is 1.80. The Kier molecular flexibility index (Phi) is 3.96. The third-order valence-electron chi connectivity index (χ3n) is 2.66. The molecular formula is C14H16O3. The number of hydrogen-bond acceptors (Lipinski definition) is 3. The minimum Gasteiger partial charge on any atom is -0.467 e. The highest BCUT2D eigenvalue weighted by Crippen LogP contribution is 2.28. The fraction of sp³-hybridized carbons (Fsp3) is 0.286. The van der Waals surface area contributed by atoms with Gasteiger partial charge in [-0.1, -0.05) is 30.3 Å². The summed E-state index contributed by atoms with van der Waals surface area (Å²) >= 11 is 0. The van der Waals surface area contributed by atoms with Crippen molar-refractivity contribution in [2.45, 2.75) is 13.5 Å². The van der Waals surface area contributed by atoms with Crippen LogP contribution in [0.1, 0.15) is 12.5 Å². The van der Waals surface area contributed by atoms with Crippen molar-refractivity contribution >= 4 is 10.8 Å². The van der Waals surface area contributed by atoms with Gasteiger partial charge in [-0.3, -0.25) is 0 Å². The molecular weight excluding hydrogens is 216 g/mol. The maximum atomic E-state index is 9.45. The molecule has 0 saturated heterocycles. The number of benzene rings is 2. The van der Waals surface area contributed by atoms with E-state index in [1.807, 2.05) is 43.3 Å². The predicted molar refractivity (Wildman–Crippen MR) is 67.0 cm³/mol. The standard InChI is InChI=1S/C14H16O3/c1-2-16-10-17-14-8-7-11-5-3-4-6-12(11)13(14)9-15/h3-8,15H,2,9-10H2,1H3. The largest absolute Gasteiger partial charge is 0.467 e. The summed E-state index contributed by atoms with van der Waals surface area (Å²) in [5.41, 5.74) is 0.808. The average Bonchev–Trinajstić information content (AvgIpc) is 2.38. The van der Waals surface area contributed by atoms with E-state index >= 15 is 0 Å².